The molecule has 19 heavy (non-hydrogen) atoms. The van der Waals surface area contributed by atoms with Crippen LogP contribution in [0.5, 0.6) is 0 Å². The Morgan fingerprint density at radius 2 is 2.05 bits per heavy atom. The van der Waals surface area contributed by atoms with Crippen LogP contribution in [0.15, 0.2) is 6.20 Å². The highest BCUT2D eigenvalue weighted by atomic mass is 16.2. The Labute approximate surface area is 112 Å². The predicted octanol–water partition coefficient (Wildman–Crippen LogP) is 0.288. The Balaban J connectivity index is 2.66. The topological polar surface area (TPSA) is 116 Å². The molecule has 0 aliphatic carbocycles. The van der Waals surface area contributed by atoms with E-state index >= 15 is 0 Å². The van der Waals surface area contributed by atoms with E-state index in [-0.39, 0.29) is 17.3 Å². The minimum atomic E-state index is -0.705. The zero-order valence-corrected chi connectivity index (χ0v) is 11.5. The van der Waals surface area contributed by atoms with E-state index in [0.29, 0.717) is 12.5 Å². The SMILES string of the molecule is CC(C)CCNC(=O)C(C)n1cc(N)c(C(N)=O)n1. The van der Waals surface area contributed by atoms with Gasteiger partial charge in [-0.15, -0.1) is 0 Å². The van der Waals surface area contributed by atoms with Crippen LogP contribution in [0.2, 0.25) is 0 Å². The van der Waals surface area contributed by atoms with Crippen LogP contribution in [-0.2, 0) is 4.79 Å². The lowest BCUT2D eigenvalue weighted by Crippen LogP contribution is -2.32. The predicted molar refractivity (Wildman–Crippen MR) is 72.3 cm³/mol. The van der Waals surface area contributed by atoms with E-state index in [9.17, 15) is 9.59 Å². The number of carbonyl (C=O) groups excluding carboxylic acids is 2. The van der Waals surface area contributed by atoms with Crippen molar-refractivity contribution < 1.29 is 9.59 Å². The third-order valence-corrected chi connectivity index (χ3v) is 2.79. The number of hydrogen-bond acceptors (Lipinski definition) is 4. The van der Waals surface area contributed by atoms with E-state index in [4.69, 9.17) is 11.5 Å². The summed E-state index contributed by atoms with van der Waals surface area (Å²) >= 11 is 0. The molecule has 1 rings (SSSR count). The van der Waals surface area contributed by atoms with Crippen molar-refractivity contribution in [2.45, 2.75) is 33.2 Å². The summed E-state index contributed by atoms with van der Waals surface area (Å²) in [5.74, 6) is -0.347. The number of primary amides is 1. The van der Waals surface area contributed by atoms with Crippen molar-refractivity contribution in [2.24, 2.45) is 11.7 Å². The van der Waals surface area contributed by atoms with Crippen molar-refractivity contribution in [3.05, 3.63) is 11.9 Å². The van der Waals surface area contributed by atoms with Crippen molar-refractivity contribution in [1.29, 1.82) is 0 Å². The number of nitrogens with zero attached hydrogens (tertiary/aromatic N) is 2. The molecule has 0 bridgehead atoms. The minimum absolute atomic E-state index is 0.0122. The monoisotopic (exact) mass is 267 g/mol. The molecule has 0 radical (unpaired) electrons. The van der Waals surface area contributed by atoms with E-state index in [1.807, 2.05) is 0 Å². The molecule has 106 valence electrons. The second-order valence-corrected chi connectivity index (χ2v) is 4.93. The van der Waals surface area contributed by atoms with Gasteiger partial charge in [0.15, 0.2) is 5.69 Å². The van der Waals surface area contributed by atoms with Gasteiger partial charge >= 0.3 is 0 Å². The Hall–Kier alpha value is -2.05. The standard InChI is InChI=1S/C12H21N5O2/c1-7(2)4-5-15-12(19)8(3)17-6-9(13)10(16-17)11(14)18/h6-8H,4-5,13H2,1-3H3,(H2,14,18)(H,15,19). The van der Waals surface area contributed by atoms with Gasteiger partial charge in [0, 0.05) is 12.7 Å². The first-order valence-electron chi connectivity index (χ1n) is 6.25. The highest BCUT2D eigenvalue weighted by molar-refractivity contribution is 5.95. The Morgan fingerprint density at radius 3 is 2.53 bits per heavy atom. The Kier molecular flexibility index (Phi) is 4.91. The maximum absolute atomic E-state index is 11.9. The summed E-state index contributed by atoms with van der Waals surface area (Å²) in [6, 6.07) is -0.539. The van der Waals surface area contributed by atoms with Crippen LogP contribution in [-0.4, -0.2) is 28.1 Å². The molecule has 7 nitrogen and oxygen atoms in total. The molecule has 1 aromatic rings. The van der Waals surface area contributed by atoms with Gasteiger partial charge < -0.3 is 16.8 Å². The smallest absolute Gasteiger partial charge is 0.271 e. The lowest BCUT2D eigenvalue weighted by Gasteiger charge is -2.13. The fourth-order valence-corrected chi connectivity index (χ4v) is 1.55. The molecule has 0 aromatic carbocycles. The van der Waals surface area contributed by atoms with Crippen molar-refractivity contribution >= 4 is 17.5 Å². The molecule has 0 aliphatic rings. The van der Waals surface area contributed by atoms with E-state index < -0.39 is 11.9 Å². The first kappa shape index (κ1) is 15.0. The largest absolute Gasteiger partial charge is 0.396 e. The van der Waals surface area contributed by atoms with Crippen LogP contribution in [0, 0.1) is 5.92 Å². The van der Waals surface area contributed by atoms with Gasteiger partial charge in [-0.3, -0.25) is 14.3 Å². The lowest BCUT2D eigenvalue weighted by atomic mass is 10.1. The fourth-order valence-electron chi connectivity index (χ4n) is 1.55. The minimum Gasteiger partial charge on any atom is -0.396 e. The summed E-state index contributed by atoms with van der Waals surface area (Å²) in [5.41, 5.74) is 10.9. The molecule has 0 saturated carbocycles. The number of aromatic nitrogens is 2. The number of nitrogens with one attached hydrogen (secondary N) is 1. The zero-order valence-electron chi connectivity index (χ0n) is 11.5. The van der Waals surface area contributed by atoms with E-state index in [0.717, 1.165) is 6.42 Å². The summed E-state index contributed by atoms with van der Waals surface area (Å²) in [4.78, 5) is 22.9. The van der Waals surface area contributed by atoms with Crippen LogP contribution >= 0.6 is 0 Å². The van der Waals surface area contributed by atoms with Gasteiger partial charge in [-0.25, -0.2) is 0 Å². The average Bonchev–Trinajstić information content (AvgIpc) is 2.69. The molecule has 0 aliphatic heterocycles. The van der Waals surface area contributed by atoms with Gasteiger partial charge in [0.1, 0.15) is 6.04 Å². The number of carbonyl (C=O) groups is 2. The maximum atomic E-state index is 11.9. The molecule has 7 heteroatoms. The van der Waals surface area contributed by atoms with Crippen LogP contribution in [0.4, 0.5) is 5.69 Å². The second kappa shape index (κ2) is 6.21. The van der Waals surface area contributed by atoms with E-state index in [2.05, 4.69) is 24.3 Å². The molecule has 0 spiro atoms. The third-order valence-electron chi connectivity index (χ3n) is 2.79. The van der Waals surface area contributed by atoms with Crippen LogP contribution in [0.25, 0.3) is 0 Å². The van der Waals surface area contributed by atoms with Gasteiger partial charge in [-0.1, -0.05) is 13.8 Å². The molecule has 5 N–H and O–H groups in total. The molecular weight excluding hydrogens is 246 g/mol. The molecule has 0 saturated heterocycles. The molecule has 0 fully saturated rings. The number of amides is 2. The molecule has 2 amide bonds. The first-order chi connectivity index (χ1) is 8.82. The highest BCUT2D eigenvalue weighted by Gasteiger charge is 2.19. The fraction of sp³-hybridized carbons (Fsp3) is 0.583. The normalized spacial score (nSPS) is 12.4. The van der Waals surface area contributed by atoms with Gasteiger partial charge in [0.05, 0.1) is 5.69 Å². The Bertz CT molecular complexity index is 467. The summed E-state index contributed by atoms with van der Waals surface area (Å²) in [7, 11) is 0. The van der Waals surface area contributed by atoms with E-state index in [1.165, 1.54) is 10.9 Å². The van der Waals surface area contributed by atoms with Crippen LogP contribution in [0.3, 0.4) is 0 Å². The highest BCUT2D eigenvalue weighted by Crippen LogP contribution is 2.13. The quantitative estimate of drug-likeness (QED) is 0.686. The molecule has 1 aromatic heterocycles. The number of nitrogen functional groups attached to an aromatic ring is 1. The maximum Gasteiger partial charge on any atom is 0.271 e. The van der Waals surface area contributed by atoms with Gasteiger partial charge in [0.25, 0.3) is 5.91 Å². The van der Waals surface area contributed by atoms with Crippen molar-refractivity contribution in [3.63, 3.8) is 0 Å². The van der Waals surface area contributed by atoms with Crippen LogP contribution in [0.1, 0.15) is 43.7 Å². The van der Waals surface area contributed by atoms with Crippen LogP contribution < -0.4 is 16.8 Å². The number of rotatable bonds is 6. The summed E-state index contributed by atoms with van der Waals surface area (Å²) in [6.07, 6.45) is 2.35. The number of nitrogens with two attached hydrogens (primary N) is 2. The molecular formula is C12H21N5O2. The molecule has 1 unspecified atom stereocenters. The first-order valence-corrected chi connectivity index (χ1v) is 6.25. The average molecular weight is 267 g/mol. The van der Waals surface area contributed by atoms with Gasteiger partial charge in [0.2, 0.25) is 5.91 Å². The number of hydrogen-bond donors (Lipinski definition) is 3. The molecule has 1 heterocycles. The molecule has 1 atom stereocenters. The Morgan fingerprint density at radius 1 is 1.42 bits per heavy atom. The summed E-state index contributed by atoms with van der Waals surface area (Å²) in [6.45, 7) is 6.47. The lowest BCUT2D eigenvalue weighted by molar-refractivity contribution is -0.124. The van der Waals surface area contributed by atoms with E-state index in [1.54, 1.807) is 6.92 Å². The summed E-state index contributed by atoms with van der Waals surface area (Å²) < 4.78 is 1.35. The third kappa shape index (κ3) is 3.97. The summed E-state index contributed by atoms with van der Waals surface area (Å²) in [5, 5.41) is 6.74. The van der Waals surface area contributed by atoms with Crippen molar-refractivity contribution in [1.82, 2.24) is 15.1 Å². The number of anilines is 1. The second-order valence-electron chi connectivity index (χ2n) is 4.93. The van der Waals surface area contributed by atoms with Crippen molar-refractivity contribution in [3.8, 4) is 0 Å². The van der Waals surface area contributed by atoms with Crippen molar-refractivity contribution in [2.75, 3.05) is 12.3 Å². The van der Waals surface area contributed by atoms with Gasteiger partial charge in [-0.05, 0) is 19.3 Å². The van der Waals surface area contributed by atoms with Gasteiger partial charge in [-0.2, -0.15) is 5.10 Å². The zero-order chi connectivity index (χ0) is 14.6.